The second-order valence-electron chi connectivity index (χ2n) is 3.09. The first kappa shape index (κ1) is 10.4. The first-order valence-electron chi connectivity index (χ1n) is 4.80. The molecule has 0 unspecified atom stereocenters. The molecule has 82 valence electrons. The summed E-state index contributed by atoms with van der Waals surface area (Å²) in [7, 11) is 0. The summed E-state index contributed by atoms with van der Waals surface area (Å²) >= 11 is 0. The second kappa shape index (κ2) is 5.06. The minimum absolute atomic E-state index is 0.295. The molecule has 5 nitrogen and oxygen atoms in total. The van der Waals surface area contributed by atoms with E-state index in [4.69, 9.17) is 4.42 Å². The van der Waals surface area contributed by atoms with Gasteiger partial charge in [-0.05, 0) is 12.1 Å². The normalized spacial score (nSPS) is 10.0. The number of rotatable bonds is 5. The molecule has 0 radical (unpaired) electrons. The summed E-state index contributed by atoms with van der Waals surface area (Å²) in [5.74, 6) is 0.669. The van der Waals surface area contributed by atoms with Crippen molar-refractivity contribution in [3.63, 3.8) is 0 Å². The predicted octanol–water partition coefficient (Wildman–Crippen LogP) is 1.45. The summed E-state index contributed by atoms with van der Waals surface area (Å²) in [6, 6.07) is 3.71. The summed E-state index contributed by atoms with van der Waals surface area (Å²) in [6.07, 6.45) is 5.29. The fourth-order valence-electron chi connectivity index (χ4n) is 1.38. The highest BCUT2D eigenvalue weighted by atomic mass is 16.5. The molecule has 2 aromatic rings. The molecule has 0 fully saturated rings. The Kier molecular flexibility index (Phi) is 3.28. The standard InChI is InChI=1S/C11H10N2O3/c14-8-15-5-3-10-11(16-7-13-10)9-2-1-4-12-6-9/h1-2,4,6-8H,3,5H2. The topological polar surface area (TPSA) is 65.2 Å². The zero-order valence-electron chi connectivity index (χ0n) is 8.50. The van der Waals surface area contributed by atoms with Crippen LogP contribution in [0.3, 0.4) is 0 Å². The smallest absolute Gasteiger partial charge is 0.293 e. The van der Waals surface area contributed by atoms with E-state index in [1.807, 2.05) is 12.1 Å². The molecule has 0 N–H and O–H groups in total. The van der Waals surface area contributed by atoms with Crippen LogP contribution in [0.5, 0.6) is 0 Å². The van der Waals surface area contributed by atoms with Crippen LogP contribution in [-0.2, 0) is 16.0 Å². The van der Waals surface area contributed by atoms with Gasteiger partial charge in [0.15, 0.2) is 12.2 Å². The molecule has 5 heteroatoms. The molecule has 0 aliphatic rings. The van der Waals surface area contributed by atoms with Crippen LogP contribution in [0.25, 0.3) is 11.3 Å². The number of pyridine rings is 1. The van der Waals surface area contributed by atoms with Crippen LogP contribution in [0, 0.1) is 0 Å². The monoisotopic (exact) mass is 218 g/mol. The third kappa shape index (κ3) is 2.25. The summed E-state index contributed by atoms with van der Waals surface area (Å²) in [4.78, 5) is 18.1. The molecule has 16 heavy (non-hydrogen) atoms. The number of nitrogens with zero attached hydrogens (tertiary/aromatic N) is 2. The van der Waals surface area contributed by atoms with Gasteiger partial charge in [-0.3, -0.25) is 9.78 Å². The number of carbonyl (C=O) groups excluding carboxylic acids is 1. The molecule has 0 spiro atoms. The Bertz CT molecular complexity index is 453. The van der Waals surface area contributed by atoms with Crippen LogP contribution in [-0.4, -0.2) is 23.0 Å². The van der Waals surface area contributed by atoms with Crippen molar-refractivity contribution in [1.82, 2.24) is 9.97 Å². The fraction of sp³-hybridized carbons (Fsp3) is 0.182. The lowest BCUT2D eigenvalue weighted by Crippen LogP contribution is -1.98. The van der Waals surface area contributed by atoms with Crippen molar-refractivity contribution in [3.05, 3.63) is 36.6 Å². The molecule has 0 aliphatic carbocycles. The maximum atomic E-state index is 10.0. The highest BCUT2D eigenvalue weighted by molar-refractivity contribution is 5.58. The first-order chi connectivity index (χ1) is 7.92. The summed E-state index contributed by atoms with van der Waals surface area (Å²) < 4.78 is 9.91. The van der Waals surface area contributed by atoms with Crippen molar-refractivity contribution >= 4 is 6.47 Å². The summed E-state index contributed by atoms with van der Waals surface area (Å²) in [5.41, 5.74) is 1.62. The number of ether oxygens (including phenoxy) is 1. The highest BCUT2D eigenvalue weighted by Crippen LogP contribution is 2.22. The van der Waals surface area contributed by atoms with Gasteiger partial charge in [0.1, 0.15) is 0 Å². The van der Waals surface area contributed by atoms with E-state index in [1.165, 1.54) is 6.39 Å². The van der Waals surface area contributed by atoms with E-state index < -0.39 is 0 Å². The molecular formula is C11H10N2O3. The molecular weight excluding hydrogens is 208 g/mol. The first-order valence-corrected chi connectivity index (χ1v) is 4.80. The quantitative estimate of drug-likeness (QED) is 0.561. The number of oxazole rings is 1. The van der Waals surface area contributed by atoms with Gasteiger partial charge in [0.25, 0.3) is 6.47 Å². The lowest BCUT2D eigenvalue weighted by atomic mass is 10.1. The van der Waals surface area contributed by atoms with Gasteiger partial charge in [-0.15, -0.1) is 0 Å². The van der Waals surface area contributed by atoms with Gasteiger partial charge in [-0.25, -0.2) is 4.98 Å². The minimum Gasteiger partial charge on any atom is -0.467 e. The Hall–Kier alpha value is -2.17. The fourth-order valence-corrected chi connectivity index (χ4v) is 1.38. The van der Waals surface area contributed by atoms with Crippen molar-refractivity contribution in [2.75, 3.05) is 6.61 Å². The maximum absolute atomic E-state index is 10.0. The van der Waals surface area contributed by atoms with Crippen LogP contribution >= 0.6 is 0 Å². The molecule has 0 amide bonds. The largest absolute Gasteiger partial charge is 0.467 e. The molecule has 2 aromatic heterocycles. The third-order valence-electron chi connectivity index (χ3n) is 2.09. The highest BCUT2D eigenvalue weighted by Gasteiger charge is 2.10. The van der Waals surface area contributed by atoms with Crippen LogP contribution < -0.4 is 0 Å². The average Bonchev–Trinajstić information content (AvgIpc) is 2.79. The van der Waals surface area contributed by atoms with E-state index in [9.17, 15) is 4.79 Å². The minimum atomic E-state index is 0.295. The second-order valence-corrected chi connectivity index (χ2v) is 3.09. The number of hydrogen-bond acceptors (Lipinski definition) is 5. The van der Waals surface area contributed by atoms with E-state index in [1.54, 1.807) is 12.4 Å². The van der Waals surface area contributed by atoms with E-state index in [2.05, 4.69) is 14.7 Å². The third-order valence-corrected chi connectivity index (χ3v) is 2.09. The van der Waals surface area contributed by atoms with Crippen molar-refractivity contribution in [2.45, 2.75) is 6.42 Å². The molecule has 0 saturated heterocycles. The van der Waals surface area contributed by atoms with Crippen LogP contribution in [0.1, 0.15) is 5.69 Å². The van der Waals surface area contributed by atoms with Gasteiger partial charge >= 0.3 is 0 Å². The van der Waals surface area contributed by atoms with Gasteiger partial charge in [0.05, 0.1) is 12.3 Å². The van der Waals surface area contributed by atoms with Crippen molar-refractivity contribution < 1.29 is 13.9 Å². The zero-order chi connectivity index (χ0) is 11.2. The van der Waals surface area contributed by atoms with Crippen molar-refractivity contribution in [3.8, 4) is 11.3 Å². The maximum Gasteiger partial charge on any atom is 0.293 e. The van der Waals surface area contributed by atoms with Crippen LogP contribution in [0.2, 0.25) is 0 Å². The lowest BCUT2D eigenvalue weighted by molar-refractivity contribution is -0.128. The van der Waals surface area contributed by atoms with Gasteiger partial charge in [0, 0.05) is 24.4 Å². The SMILES string of the molecule is O=COCCc1ncoc1-c1cccnc1. The predicted molar refractivity (Wildman–Crippen MR) is 55.5 cm³/mol. The Morgan fingerprint density at radius 2 is 2.44 bits per heavy atom. The molecule has 2 heterocycles. The number of aromatic nitrogens is 2. The van der Waals surface area contributed by atoms with Crippen molar-refractivity contribution in [1.29, 1.82) is 0 Å². The Morgan fingerprint density at radius 3 is 3.19 bits per heavy atom. The summed E-state index contributed by atoms with van der Waals surface area (Å²) in [5, 5.41) is 0. The Balaban J connectivity index is 2.16. The molecule has 0 atom stereocenters. The number of carbonyl (C=O) groups is 1. The van der Waals surface area contributed by atoms with Gasteiger partial charge < -0.3 is 9.15 Å². The van der Waals surface area contributed by atoms with E-state index in [0.29, 0.717) is 25.3 Å². The van der Waals surface area contributed by atoms with Crippen molar-refractivity contribution in [2.24, 2.45) is 0 Å². The van der Waals surface area contributed by atoms with Crippen LogP contribution in [0.15, 0.2) is 35.3 Å². The lowest BCUT2D eigenvalue weighted by Gasteiger charge is -1.99. The van der Waals surface area contributed by atoms with Crippen LogP contribution in [0.4, 0.5) is 0 Å². The Morgan fingerprint density at radius 1 is 1.50 bits per heavy atom. The Labute approximate surface area is 92.1 Å². The van der Waals surface area contributed by atoms with E-state index in [-0.39, 0.29) is 0 Å². The molecule has 0 aliphatic heterocycles. The average molecular weight is 218 g/mol. The van der Waals surface area contributed by atoms with Gasteiger partial charge in [0.2, 0.25) is 0 Å². The number of hydrogen-bond donors (Lipinski definition) is 0. The molecule has 0 aromatic carbocycles. The zero-order valence-corrected chi connectivity index (χ0v) is 8.50. The molecule has 0 bridgehead atoms. The molecule has 0 saturated carbocycles. The van der Waals surface area contributed by atoms with E-state index in [0.717, 1.165) is 11.3 Å². The van der Waals surface area contributed by atoms with Gasteiger partial charge in [-0.1, -0.05) is 0 Å². The van der Waals surface area contributed by atoms with E-state index >= 15 is 0 Å². The summed E-state index contributed by atoms with van der Waals surface area (Å²) in [6.45, 7) is 0.715. The van der Waals surface area contributed by atoms with Gasteiger partial charge in [-0.2, -0.15) is 0 Å². The molecule has 2 rings (SSSR count).